The summed E-state index contributed by atoms with van der Waals surface area (Å²) in [5, 5.41) is 14.1. The minimum absolute atomic E-state index is 0.170. The van der Waals surface area contributed by atoms with Gasteiger partial charge in [0.05, 0.1) is 11.3 Å². The van der Waals surface area contributed by atoms with E-state index in [4.69, 9.17) is 16.3 Å². The zero-order valence-corrected chi connectivity index (χ0v) is 13.3. The molecule has 0 unspecified atom stereocenters. The largest absolute Gasteiger partial charge is 0.478 e. The van der Waals surface area contributed by atoms with E-state index in [1.54, 1.807) is 10.6 Å². The zero-order chi connectivity index (χ0) is 15.9. The Labute approximate surface area is 133 Å². The highest BCUT2D eigenvalue weighted by Crippen LogP contribution is 2.39. The highest BCUT2D eigenvalue weighted by atomic mass is 35.5. The predicted molar refractivity (Wildman–Crippen MR) is 81.5 cm³/mol. The van der Waals surface area contributed by atoms with Crippen molar-refractivity contribution in [1.82, 2.24) is 14.6 Å². The van der Waals surface area contributed by atoms with Crippen LogP contribution in [-0.4, -0.2) is 38.9 Å². The fourth-order valence-corrected chi connectivity index (χ4v) is 3.47. The van der Waals surface area contributed by atoms with Gasteiger partial charge in [0, 0.05) is 30.9 Å². The Hall–Kier alpha value is -1.66. The van der Waals surface area contributed by atoms with Gasteiger partial charge in [-0.25, -0.2) is 14.3 Å². The van der Waals surface area contributed by atoms with Crippen LogP contribution in [0.5, 0.6) is 0 Å². The van der Waals surface area contributed by atoms with Crippen LogP contribution in [0, 0.1) is 5.92 Å². The number of aromatic carboxylic acids is 1. The fourth-order valence-electron chi connectivity index (χ4n) is 3.29. The first-order valence-corrected chi connectivity index (χ1v) is 7.65. The normalized spacial score (nSPS) is 17.0. The molecule has 6 nitrogen and oxygen atoms in total. The van der Waals surface area contributed by atoms with Crippen LogP contribution in [0.2, 0.25) is 5.15 Å². The maximum atomic E-state index is 11.7. The highest BCUT2D eigenvalue weighted by molar-refractivity contribution is 6.29. The fraction of sp³-hybridized carbons (Fsp3) is 0.533. The average molecular weight is 324 g/mol. The van der Waals surface area contributed by atoms with Crippen molar-refractivity contribution in [2.45, 2.75) is 32.1 Å². The molecule has 0 spiro atoms. The summed E-state index contributed by atoms with van der Waals surface area (Å²) >= 11 is 5.98. The summed E-state index contributed by atoms with van der Waals surface area (Å²) < 4.78 is 7.00. The molecule has 1 fully saturated rings. The van der Waals surface area contributed by atoms with Gasteiger partial charge in [-0.05, 0) is 18.8 Å². The van der Waals surface area contributed by atoms with Gasteiger partial charge >= 0.3 is 5.97 Å². The number of nitrogens with zero attached hydrogens (tertiary/aromatic N) is 3. The SMILES string of the molecule is CC(C)(c1c(C(=O)O)cnc2cc(Cl)nn12)C1CCOCC1. The van der Waals surface area contributed by atoms with Gasteiger partial charge in [0.15, 0.2) is 10.8 Å². The molecule has 0 radical (unpaired) electrons. The summed E-state index contributed by atoms with van der Waals surface area (Å²) in [6.07, 6.45) is 3.18. The Bertz CT molecular complexity index is 720. The summed E-state index contributed by atoms with van der Waals surface area (Å²) in [4.78, 5) is 15.8. The van der Waals surface area contributed by atoms with Gasteiger partial charge in [-0.2, -0.15) is 5.10 Å². The molecule has 7 heteroatoms. The summed E-state index contributed by atoms with van der Waals surface area (Å²) in [6.45, 7) is 5.51. The number of aromatic nitrogens is 3. The molecule has 1 aliphatic heterocycles. The first-order chi connectivity index (χ1) is 10.4. The molecule has 0 bridgehead atoms. The summed E-state index contributed by atoms with van der Waals surface area (Å²) in [7, 11) is 0. The molecule has 22 heavy (non-hydrogen) atoms. The predicted octanol–water partition coefficient (Wildman–Crippen LogP) is 2.79. The summed E-state index contributed by atoms with van der Waals surface area (Å²) in [5.74, 6) is -0.691. The first-order valence-electron chi connectivity index (χ1n) is 7.27. The smallest absolute Gasteiger partial charge is 0.339 e. The number of hydrogen-bond donors (Lipinski definition) is 1. The number of ether oxygens (including phenoxy) is 1. The molecule has 0 aromatic carbocycles. The number of fused-ring (bicyclic) bond motifs is 1. The molecule has 0 amide bonds. The maximum Gasteiger partial charge on any atom is 0.339 e. The van der Waals surface area contributed by atoms with Crippen LogP contribution in [0.1, 0.15) is 42.7 Å². The molecule has 2 aromatic rings. The van der Waals surface area contributed by atoms with Gasteiger partial charge < -0.3 is 9.84 Å². The van der Waals surface area contributed by atoms with Gasteiger partial charge in [-0.15, -0.1) is 0 Å². The van der Waals surface area contributed by atoms with Gasteiger partial charge in [-0.3, -0.25) is 0 Å². The highest BCUT2D eigenvalue weighted by Gasteiger charge is 2.38. The van der Waals surface area contributed by atoms with Crippen molar-refractivity contribution < 1.29 is 14.6 Å². The van der Waals surface area contributed by atoms with Crippen molar-refractivity contribution in [1.29, 1.82) is 0 Å². The molecule has 3 rings (SSSR count). The Morgan fingerprint density at radius 3 is 2.77 bits per heavy atom. The van der Waals surface area contributed by atoms with E-state index in [1.165, 1.54) is 6.20 Å². The van der Waals surface area contributed by atoms with Crippen LogP contribution in [0.3, 0.4) is 0 Å². The Morgan fingerprint density at radius 2 is 2.14 bits per heavy atom. The Balaban J connectivity index is 2.21. The third-order valence-electron chi connectivity index (χ3n) is 4.54. The van der Waals surface area contributed by atoms with Crippen molar-refractivity contribution in [3.05, 3.63) is 28.7 Å². The van der Waals surface area contributed by atoms with Crippen LogP contribution in [0.15, 0.2) is 12.3 Å². The average Bonchev–Trinajstić information content (AvgIpc) is 2.86. The number of rotatable bonds is 3. The maximum absolute atomic E-state index is 11.7. The number of hydrogen-bond acceptors (Lipinski definition) is 4. The van der Waals surface area contributed by atoms with Crippen molar-refractivity contribution in [2.24, 2.45) is 5.92 Å². The lowest BCUT2D eigenvalue weighted by atomic mass is 9.71. The number of halogens is 1. The molecule has 1 aliphatic rings. The molecular weight excluding hydrogens is 306 g/mol. The molecular formula is C15H18ClN3O3. The van der Waals surface area contributed by atoms with E-state index < -0.39 is 5.97 Å². The van der Waals surface area contributed by atoms with Crippen LogP contribution in [0.4, 0.5) is 0 Å². The lowest BCUT2D eigenvalue weighted by Crippen LogP contribution is -2.37. The second-order valence-corrected chi connectivity index (χ2v) is 6.56. The van der Waals surface area contributed by atoms with Crippen LogP contribution in [0.25, 0.3) is 5.65 Å². The van der Waals surface area contributed by atoms with Crippen LogP contribution in [-0.2, 0) is 10.2 Å². The quantitative estimate of drug-likeness (QED) is 0.939. The van der Waals surface area contributed by atoms with Crippen molar-refractivity contribution in [2.75, 3.05) is 13.2 Å². The van der Waals surface area contributed by atoms with E-state index in [0.29, 0.717) is 35.6 Å². The van der Waals surface area contributed by atoms with Crippen LogP contribution < -0.4 is 0 Å². The first kappa shape index (κ1) is 15.2. The minimum atomic E-state index is -1.00. The van der Waals surface area contributed by atoms with Gasteiger partial charge in [0.2, 0.25) is 0 Å². The van der Waals surface area contributed by atoms with E-state index in [1.807, 2.05) is 0 Å². The van der Waals surface area contributed by atoms with E-state index in [-0.39, 0.29) is 11.0 Å². The topological polar surface area (TPSA) is 76.7 Å². The van der Waals surface area contributed by atoms with Gasteiger partial charge in [0.1, 0.15) is 0 Å². The minimum Gasteiger partial charge on any atom is -0.478 e. The third kappa shape index (κ3) is 2.46. The van der Waals surface area contributed by atoms with Crippen molar-refractivity contribution >= 4 is 23.2 Å². The number of carbonyl (C=O) groups is 1. The second-order valence-electron chi connectivity index (χ2n) is 6.17. The molecule has 118 valence electrons. The van der Waals surface area contributed by atoms with E-state index in [0.717, 1.165) is 12.8 Å². The Morgan fingerprint density at radius 1 is 1.45 bits per heavy atom. The number of carboxylic acids is 1. The van der Waals surface area contributed by atoms with Crippen LogP contribution >= 0.6 is 11.6 Å². The summed E-state index contributed by atoms with van der Waals surface area (Å²) in [6, 6.07) is 1.64. The van der Waals surface area contributed by atoms with Crippen molar-refractivity contribution in [3.63, 3.8) is 0 Å². The summed E-state index contributed by atoms with van der Waals surface area (Å²) in [5.41, 5.74) is 0.992. The second kappa shape index (κ2) is 5.52. The number of carboxylic acid groups (broad SMARTS) is 1. The molecule has 2 aromatic heterocycles. The molecule has 0 aliphatic carbocycles. The lowest BCUT2D eigenvalue weighted by Gasteiger charge is -2.37. The zero-order valence-electron chi connectivity index (χ0n) is 12.5. The van der Waals surface area contributed by atoms with E-state index in [9.17, 15) is 9.90 Å². The van der Waals surface area contributed by atoms with Crippen molar-refractivity contribution in [3.8, 4) is 0 Å². The van der Waals surface area contributed by atoms with Gasteiger partial charge in [-0.1, -0.05) is 25.4 Å². The standard InChI is InChI=1S/C15H18ClN3O3/c1-15(2,9-3-5-22-6-4-9)13-10(14(20)21)8-17-12-7-11(16)18-19(12)13/h7-9H,3-6H2,1-2H3,(H,20,21). The molecule has 3 heterocycles. The van der Waals surface area contributed by atoms with E-state index >= 15 is 0 Å². The Kier molecular flexibility index (Phi) is 3.82. The molecule has 1 N–H and O–H groups in total. The lowest BCUT2D eigenvalue weighted by molar-refractivity contribution is 0.0418. The molecule has 1 saturated heterocycles. The molecule has 0 saturated carbocycles. The van der Waals surface area contributed by atoms with E-state index in [2.05, 4.69) is 23.9 Å². The third-order valence-corrected chi connectivity index (χ3v) is 4.72. The molecule has 0 atom stereocenters. The monoisotopic (exact) mass is 323 g/mol. The van der Waals surface area contributed by atoms with Gasteiger partial charge in [0.25, 0.3) is 0 Å².